The zero-order chi connectivity index (χ0) is 15.7. The quantitative estimate of drug-likeness (QED) is 0.828. The van der Waals surface area contributed by atoms with Crippen LogP contribution in [0.4, 0.5) is 0 Å². The lowest BCUT2D eigenvalue weighted by Crippen LogP contribution is -2.47. The molecule has 22 heavy (non-hydrogen) atoms. The van der Waals surface area contributed by atoms with E-state index in [9.17, 15) is 0 Å². The van der Waals surface area contributed by atoms with Crippen molar-refractivity contribution in [2.24, 2.45) is 0 Å². The number of ether oxygens (including phenoxy) is 2. The highest BCUT2D eigenvalue weighted by Crippen LogP contribution is 2.35. The molecule has 1 aromatic rings. The van der Waals surface area contributed by atoms with Crippen LogP contribution in [0.25, 0.3) is 0 Å². The fourth-order valence-electron chi connectivity index (χ4n) is 3.60. The molecule has 122 valence electrons. The van der Waals surface area contributed by atoms with Gasteiger partial charge in [-0.2, -0.15) is 0 Å². The van der Waals surface area contributed by atoms with Gasteiger partial charge < -0.3 is 9.47 Å². The van der Waals surface area contributed by atoms with Gasteiger partial charge >= 0.3 is 0 Å². The number of rotatable bonds is 3. The zero-order valence-corrected chi connectivity index (χ0v) is 14.6. The molecule has 0 radical (unpaired) electrons. The van der Waals surface area contributed by atoms with Gasteiger partial charge in [0.15, 0.2) is 0 Å². The number of benzene rings is 1. The summed E-state index contributed by atoms with van der Waals surface area (Å²) in [5.74, 6) is 0.366. The first-order chi connectivity index (χ1) is 10.5. The van der Waals surface area contributed by atoms with E-state index in [-0.39, 0.29) is 6.10 Å². The molecule has 3 rings (SSSR count). The Morgan fingerprint density at radius 3 is 2.59 bits per heavy atom. The van der Waals surface area contributed by atoms with Crippen LogP contribution < -0.4 is 0 Å². The molecule has 0 amide bonds. The summed E-state index contributed by atoms with van der Waals surface area (Å²) in [6.07, 6.45) is 1.88. The van der Waals surface area contributed by atoms with Crippen LogP contribution in [0.15, 0.2) is 18.2 Å². The Balaban J connectivity index is 1.58. The monoisotopic (exact) mass is 343 g/mol. The topological polar surface area (TPSA) is 21.7 Å². The molecule has 0 saturated carbocycles. The van der Waals surface area contributed by atoms with Crippen molar-refractivity contribution in [2.75, 3.05) is 26.2 Å². The lowest BCUT2D eigenvalue weighted by atomic mass is 9.96. The molecule has 2 fully saturated rings. The maximum atomic E-state index is 6.32. The minimum absolute atomic E-state index is 0.272. The van der Waals surface area contributed by atoms with E-state index < -0.39 is 0 Å². The number of morpholine rings is 1. The summed E-state index contributed by atoms with van der Waals surface area (Å²) < 4.78 is 11.8. The van der Waals surface area contributed by atoms with Crippen LogP contribution >= 0.6 is 23.2 Å². The molecule has 0 spiro atoms. The summed E-state index contributed by atoms with van der Waals surface area (Å²) in [5, 5.41) is 1.43. The first-order valence-corrected chi connectivity index (χ1v) is 8.71. The van der Waals surface area contributed by atoms with E-state index in [2.05, 4.69) is 18.7 Å². The number of halogens is 2. The smallest absolute Gasteiger partial charge is 0.0709 e. The Morgan fingerprint density at radius 2 is 1.91 bits per heavy atom. The molecule has 0 bridgehead atoms. The molecular formula is C17H23Cl2NO2. The van der Waals surface area contributed by atoms with E-state index in [1.54, 1.807) is 0 Å². The Kier molecular flexibility index (Phi) is 5.31. The van der Waals surface area contributed by atoms with Crippen molar-refractivity contribution in [2.45, 2.75) is 44.5 Å². The van der Waals surface area contributed by atoms with Crippen LogP contribution in [0.3, 0.4) is 0 Å². The lowest BCUT2D eigenvalue weighted by Gasteiger charge is -2.36. The van der Waals surface area contributed by atoms with Gasteiger partial charge in [0.1, 0.15) is 0 Å². The minimum Gasteiger partial charge on any atom is -0.376 e. The Morgan fingerprint density at radius 1 is 1.18 bits per heavy atom. The largest absolute Gasteiger partial charge is 0.376 e. The molecule has 0 N–H and O–H groups in total. The van der Waals surface area contributed by atoms with Crippen molar-refractivity contribution in [1.29, 1.82) is 0 Å². The van der Waals surface area contributed by atoms with Crippen LogP contribution in [0, 0.1) is 0 Å². The molecule has 0 aliphatic carbocycles. The van der Waals surface area contributed by atoms with Gasteiger partial charge in [-0.1, -0.05) is 29.3 Å². The maximum absolute atomic E-state index is 6.32. The molecule has 4 unspecified atom stereocenters. The van der Waals surface area contributed by atoms with E-state index in [1.165, 1.54) is 0 Å². The van der Waals surface area contributed by atoms with Crippen molar-refractivity contribution >= 4 is 23.2 Å². The predicted octanol–water partition coefficient (Wildman–Crippen LogP) is 3.98. The summed E-state index contributed by atoms with van der Waals surface area (Å²) in [4.78, 5) is 2.45. The van der Waals surface area contributed by atoms with Gasteiger partial charge in [0.2, 0.25) is 0 Å². The average Bonchev–Trinajstić information content (AvgIpc) is 2.85. The van der Waals surface area contributed by atoms with Crippen molar-refractivity contribution in [3.05, 3.63) is 33.8 Å². The second-order valence-electron chi connectivity index (χ2n) is 6.53. The molecule has 0 aromatic heterocycles. The van der Waals surface area contributed by atoms with E-state index in [1.807, 2.05) is 18.2 Å². The summed E-state index contributed by atoms with van der Waals surface area (Å²) in [5.41, 5.74) is 1.15. The van der Waals surface area contributed by atoms with Gasteiger partial charge in [-0.25, -0.2) is 0 Å². The first kappa shape index (κ1) is 16.5. The molecule has 1 aromatic carbocycles. The second kappa shape index (κ2) is 7.06. The van der Waals surface area contributed by atoms with E-state index in [4.69, 9.17) is 32.7 Å². The molecular weight excluding hydrogens is 321 g/mol. The fourth-order valence-corrected chi connectivity index (χ4v) is 4.17. The zero-order valence-electron chi connectivity index (χ0n) is 13.1. The van der Waals surface area contributed by atoms with Crippen molar-refractivity contribution < 1.29 is 9.47 Å². The third kappa shape index (κ3) is 3.95. The van der Waals surface area contributed by atoms with Gasteiger partial charge in [0, 0.05) is 35.6 Å². The highest BCUT2D eigenvalue weighted by molar-refractivity contribution is 6.35. The second-order valence-corrected chi connectivity index (χ2v) is 7.37. The molecule has 5 heteroatoms. The lowest BCUT2D eigenvalue weighted by molar-refractivity contribution is -0.0777. The third-order valence-corrected chi connectivity index (χ3v) is 5.00. The Bertz CT molecular complexity index is 515. The highest BCUT2D eigenvalue weighted by Gasteiger charge is 2.31. The highest BCUT2D eigenvalue weighted by atomic mass is 35.5. The Hall–Kier alpha value is -0.320. The fraction of sp³-hybridized carbons (Fsp3) is 0.647. The minimum atomic E-state index is 0.272. The van der Waals surface area contributed by atoms with Gasteiger partial charge in [-0.3, -0.25) is 4.90 Å². The number of hydrogen-bond acceptors (Lipinski definition) is 3. The standard InChI is InChI=1S/C17H23Cl2NO2/c1-11-7-20(8-12(2)22-11)9-15-5-13(10-21-15)16-4-3-14(18)6-17(16)19/h3-4,6,11-13,15H,5,7-10H2,1-2H3. The van der Waals surface area contributed by atoms with Crippen molar-refractivity contribution in [3.8, 4) is 0 Å². The van der Waals surface area contributed by atoms with Gasteiger partial charge in [0.05, 0.1) is 24.9 Å². The average molecular weight is 344 g/mol. The Labute approximate surface area is 142 Å². The summed E-state index contributed by atoms with van der Waals surface area (Å²) in [6, 6.07) is 5.75. The summed E-state index contributed by atoms with van der Waals surface area (Å²) in [6.45, 7) is 7.94. The summed E-state index contributed by atoms with van der Waals surface area (Å²) >= 11 is 12.3. The van der Waals surface area contributed by atoms with Crippen LogP contribution in [-0.4, -0.2) is 49.5 Å². The molecule has 3 nitrogen and oxygen atoms in total. The summed E-state index contributed by atoms with van der Waals surface area (Å²) in [7, 11) is 0. The molecule has 2 aliphatic heterocycles. The molecule has 2 aliphatic rings. The van der Waals surface area contributed by atoms with Crippen LogP contribution in [0.2, 0.25) is 10.0 Å². The normalized spacial score (nSPS) is 33.3. The van der Waals surface area contributed by atoms with Crippen LogP contribution in [0.1, 0.15) is 31.7 Å². The number of nitrogens with zero attached hydrogens (tertiary/aromatic N) is 1. The van der Waals surface area contributed by atoms with Crippen LogP contribution in [-0.2, 0) is 9.47 Å². The molecule has 2 saturated heterocycles. The van der Waals surface area contributed by atoms with Gasteiger partial charge in [0.25, 0.3) is 0 Å². The van der Waals surface area contributed by atoms with Crippen molar-refractivity contribution in [3.63, 3.8) is 0 Å². The number of hydrogen-bond donors (Lipinski definition) is 0. The SMILES string of the molecule is CC1CN(CC2CC(c3ccc(Cl)cc3Cl)CO2)CC(C)O1. The van der Waals surface area contributed by atoms with Gasteiger partial charge in [-0.05, 0) is 38.0 Å². The third-order valence-electron chi connectivity index (χ3n) is 4.44. The van der Waals surface area contributed by atoms with Gasteiger partial charge in [-0.15, -0.1) is 0 Å². The van der Waals surface area contributed by atoms with E-state index in [0.29, 0.717) is 23.1 Å². The molecule has 2 heterocycles. The van der Waals surface area contributed by atoms with Crippen LogP contribution in [0.5, 0.6) is 0 Å². The van der Waals surface area contributed by atoms with E-state index >= 15 is 0 Å². The predicted molar refractivity (Wildman–Crippen MR) is 90.0 cm³/mol. The van der Waals surface area contributed by atoms with Crippen molar-refractivity contribution in [1.82, 2.24) is 4.90 Å². The van der Waals surface area contributed by atoms with E-state index in [0.717, 1.165) is 43.2 Å². The maximum Gasteiger partial charge on any atom is 0.0709 e. The molecule has 4 atom stereocenters. The first-order valence-electron chi connectivity index (χ1n) is 7.95.